The maximum absolute atomic E-state index is 15.1. The summed E-state index contributed by atoms with van der Waals surface area (Å²) in [6.45, 7) is 6.20. The zero-order valence-electron chi connectivity index (χ0n) is 15.3. The average molecular weight is 339 g/mol. The number of hydrogen-bond donors (Lipinski definition) is 3. The molecule has 4 rings (SSSR count). The molecule has 0 aromatic carbocycles. The Morgan fingerprint density at radius 3 is 2.33 bits per heavy atom. The molecule has 4 N–H and O–H groups in total. The molecule has 0 aliphatic heterocycles. The molecular weight excluding hydrogens is 305 g/mol. The van der Waals surface area contributed by atoms with E-state index in [2.05, 4.69) is 13.8 Å². The number of hydrogen-bond acceptors (Lipinski definition) is 3. The maximum Gasteiger partial charge on any atom is 0.124 e. The second-order valence-electron chi connectivity index (χ2n) is 10.2. The van der Waals surface area contributed by atoms with Crippen LogP contribution in [0.4, 0.5) is 4.39 Å². The Kier molecular flexibility index (Phi) is 3.71. The van der Waals surface area contributed by atoms with Crippen molar-refractivity contribution in [1.82, 2.24) is 0 Å². The molecule has 4 aliphatic carbocycles. The summed E-state index contributed by atoms with van der Waals surface area (Å²) in [5, 5.41) is 21.1. The normalized spacial score (nSPS) is 63.4. The lowest BCUT2D eigenvalue weighted by molar-refractivity contribution is -0.169. The number of aliphatic hydroxyl groups excluding tert-OH is 2. The van der Waals surface area contributed by atoms with Crippen LogP contribution in [0.3, 0.4) is 0 Å². The van der Waals surface area contributed by atoms with Gasteiger partial charge in [-0.15, -0.1) is 0 Å². The Morgan fingerprint density at radius 1 is 0.958 bits per heavy atom. The molecule has 0 radical (unpaired) electrons. The molecular formula is C20H34FNO2. The Bertz CT molecular complexity index is 526. The Morgan fingerprint density at radius 2 is 1.62 bits per heavy atom. The first-order valence-electron chi connectivity index (χ1n) is 9.90. The van der Waals surface area contributed by atoms with Crippen LogP contribution in [-0.4, -0.2) is 34.1 Å². The van der Waals surface area contributed by atoms with Gasteiger partial charge < -0.3 is 15.9 Å². The minimum atomic E-state index is -1.32. The number of nitrogens with two attached hydrogens (primary N) is 1. The molecule has 4 heteroatoms. The van der Waals surface area contributed by atoms with Crippen molar-refractivity contribution in [2.24, 2.45) is 40.2 Å². The largest absolute Gasteiger partial charge is 0.393 e. The third-order valence-corrected chi connectivity index (χ3v) is 9.07. The summed E-state index contributed by atoms with van der Waals surface area (Å²) < 4.78 is 15.1. The molecule has 0 bridgehead atoms. The molecule has 0 unspecified atom stereocenters. The predicted molar refractivity (Wildman–Crippen MR) is 92.0 cm³/mol. The van der Waals surface area contributed by atoms with Crippen LogP contribution in [0.15, 0.2) is 0 Å². The van der Waals surface area contributed by atoms with E-state index in [4.69, 9.17) is 5.73 Å². The van der Waals surface area contributed by atoms with E-state index >= 15 is 4.39 Å². The van der Waals surface area contributed by atoms with E-state index in [0.717, 1.165) is 38.5 Å². The van der Waals surface area contributed by atoms with Crippen molar-refractivity contribution in [3.05, 3.63) is 0 Å². The highest BCUT2D eigenvalue weighted by atomic mass is 19.1. The lowest BCUT2D eigenvalue weighted by Crippen LogP contribution is -2.59. The summed E-state index contributed by atoms with van der Waals surface area (Å²) in [6.07, 6.45) is 5.41. The molecule has 10 atom stereocenters. The molecule has 0 aromatic rings. The van der Waals surface area contributed by atoms with E-state index in [9.17, 15) is 10.2 Å². The van der Waals surface area contributed by atoms with Gasteiger partial charge in [-0.2, -0.15) is 0 Å². The zero-order chi connectivity index (χ0) is 17.5. The molecule has 0 aromatic heterocycles. The number of halogens is 1. The van der Waals surface area contributed by atoms with Crippen molar-refractivity contribution in [2.45, 2.75) is 89.6 Å². The molecule has 4 saturated carbocycles. The minimum Gasteiger partial charge on any atom is -0.393 e. The fourth-order valence-electron chi connectivity index (χ4n) is 7.57. The smallest absolute Gasteiger partial charge is 0.124 e. The summed E-state index contributed by atoms with van der Waals surface area (Å²) in [7, 11) is 0. The Hall–Kier alpha value is -0.190. The fraction of sp³-hybridized carbons (Fsp3) is 1.00. The third-order valence-electron chi connectivity index (χ3n) is 9.07. The van der Waals surface area contributed by atoms with Crippen molar-refractivity contribution in [2.75, 3.05) is 0 Å². The lowest BCUT2D eigenvalue weighted by atomic mass is 9.44. The predicted octanol–water partition coefficient (Wildman–Crippen LogP) is 3.03. The van der Waals surface area contributed by atoms with Gasteiger partial charge in [0.05, 0.1) is 12.2 Å². The van der Waals surface area contributed by atoms with Gasteiger partial charge in [-0.05, 0) is 86.4 Å². The second kappa shape index (κ2) is 5.17. The van der Waals surface area contributed by atoms with Crippen LogP contribution in [0.5, 0.6) is 0 Å². The van der Waals surface area contributed by atoms with Gasteiger partial charge in [0.25, 0.3) is 0 Å². The van der Waals surface area contributed by atoms with Crippen LogP contribution in [0, 0.1) is 34.5 Å². The first-order valence-corrected chi connectivity index (χ1v) is 9.90. The van der Waals surface area contributed by atoms with E-state index in [-0.39, 0.29) is 34.9 Å². The topological polar surface area (TPSA) is 66.5 Å². The Balaban J connectivity index is 1.69. The quantitative estimate of drug-likeness (QED) is 0.635. The van der Waals surface area contributed by atoms with Crippen molar-refractivity contribution in [1.29, 1.82) is 0 Å². The molecule has 4 fully saturated rings. The molecule has 0 spiro atoms. The standard InChI is InChI=1S/C20H34FNO2/c1-18-6-4-12(23)8-11(18)9-15(24)16-13(18)5-7-19(2)14(16)10-20(3,21)17(19)22/h11-17,23-24H,4-10,22H2,1-3H3/t11-,12+,13+,14+,15+,16-,17-,18+,19+,20-/m1/s1. The van der Waals surface area contributed by atoms with E-state index in [0.29, 0.717) is 18.3 Å². The van der Waals surface area contributed by atoms with E-state index in [1.54, 1.807) is 6.92 Å². The van der Waals surface area contributed by atoms with Crippen molar-refractivity contribution in [3.63, 3.8) is 0 Å². The van der Waals surface area contributed by atoms with E-state index < -0.39 is 11.7 Å². The highest BCUT2D eigenvalue weighted by Gasteiger charge is 2.66. The summed E-state index contributed by atoms with van der Waals surface area (Å²) in [4.78, 5) is 0. The summed E-state index contributed by atoms with van der Waals surface area (Å²) in [6, 6.07) is -0.429. The highest BCUT2D eigenvalue weighted by molar-refractivity contribution is 5.17. The van der Waals surface area contributed by atoms with Gasteiger partial charge in [0.2, 0.25) is 0 Å². The van der Waals surface area contributed by atoms with Gasteiger partial charge in [0, 0.05) is 6.04 Å². The van der Waals surface area contributed by atoms with Crippen LogP contribution < -0.4 is 5.73 Å². The molecule has 0 heterocycles. The number of alkyl halides is 1. The number of aliphatic hydroxyl groups is 2. The van der Waals surface area contributed by atoms with Gasteiger partial charge in [-0.3, -0.25) is 0 Å². The molecule has 138 valence electrons. The zero-order valence-corrected chi connectivity index (χ0v) is 15.3. The molecule has 3 nitrogen and oxygen atoms in total. The maximum atomic E-state index is 15.1. The van der Waals surface area contributed by atoms with Crippen LogP contribution in [0.25, 0.3) is 0 Å². The lowest BCUT2D eigenvalue weighted by Gasteiger charge is -2.62. The van der Waals surface area contributed by atoms with E-state index in [1.165, 1.54) is 0 Å². The first-order chi connectivity index (χ1) is 11.1. The van der Waals surface area contributed by atoms with Crippen molar-refractivity contribution in [3.8, 4) is 0 Å². The van der Waals surface area contributed by atoms with Gasteiger partial charge >= 0.3 is 0 Å². The fourth-order valence-corrected chi connectivity index (χ4v) is 7.57. The molecule has 0 amide bonds. The van der Waals surface area contributed by atoms with Crippen LogP contribution in [0.2, 0.25) is 0 Å². The van der Waals surface area contributed by atoms with Gasteiger partial charge in [0.15, 0.2) is 0 Å². The minimum absolute atomic E-state index is 0.170. The summed E-state index contributed by atoms with van der Waals surface area (Å²) in [5.74, 6) is 1.19. The van der Waals surface area contributed by atoms with E-state index in [1.807, 2.05) is 0 Å². The van der Waals surface area contributed by atoms with Crippen LogP contribution in [0.1, 0.15) is 65.7 Å². The van der Waals surface area contributed by atoms with Gasteiger partial charge in [-0.25, -0.2) is 4.39 Å². The average Bonchev–Trinajstić information content (AvgIpc) is 2.69. The first kappa shape index (κ1) is 17.2. The third kappa shape index (κ3) is 2.12. The second-order valence-corrected chi connectivity index (χ2v) is 10.2. The number of rotatable bonds is 0. The summed E-state index contributed by atoms with van der Waals surface area (Å²) >= 11 is 0. The highest BCUT2D eigenvalue weighted by Crippen LogP contribution is 2.67. The molecule has 4 aliphatic rings. The number of fused-ring (bicyclic) bond motifs is 5. The molecule has 24 heavy (non-hydrogen) atoms. The Labute approximate surface area is 145 Å². The van der Waals surface area contributed by atoms with Gasteiger partial charge in [-0.1, -0.05) is 13.8 Å². The monoisotopic (exact) mass is 339 g/mol. The SMILES string of the molecule is C[C@]12CC[C@H](O)C[C@@H]1C[C@H](O)[C@@H]1[C@@H]2CC[C@]2(C)[C@@H](N)[C@](C)(F)C[C@@H]12. The summed E-state index contributed by atoms with van der Waals surface area (Å²) in [5.41, 5.74) is 5.03. The van der Waals surface area contributed by atoms with Crippen molar-refractivity contribution < 1.29 is 14.6 Å². The molecule has 0 saturated heterocycles. The van der Waals surface area contributed by atoms with Crippen LogP contribution in [-0.2, 0) is 0 Å². The van der Waals surface area contributed by atoms with Crippen molar-refractivity contribution >= 4 is 0 Å². The van der Waals surface area contributed by atoms with Gasteiger partial charge in [0.1, 0.15) is 5.67 Å². The van der Waals surface area contributed by atoms with Crippen LogP contribution >= 0.6 is 0 Å².